The molecule has 0 aliphatic heterocycles. The van der Waals surface area contributed by atoms with Crippen LogP contribution in [0.3, 0.4) is 0 Å². The summed E-state index contributed by atoms with van der Waals surface area (Å²) in [5.41, 5.74) is 0. The van der Waals surface area contributed by atoms with Gasteiger partial charge in [-0.2, -0.15) is 0 Å². The van der Waals surface area contributed by atoms with Gasteiger partial charge in [0.05, 0.1) is 6.10 Å². The van der Waals surface area contributed by atoms with Crippen LogP contribution in [0.5, 0.6) is 0 Å². The van der Waals surface area contributed by atoms with E-state index in [1.54, 1.807) is 0 Å². The van der Waals surface area contributed by atoms with Gasteiger partial charge in [-0.15, -0.1) is 0 Å². The van der Waals surface area contributed by atoms with Crippen LogP contribution in [0.2, 0.25) is 0 Å². The van der Waals surface area contributed by atoms with Gasteiger partial charge in [0.25, 0.3) is 0 Å². The quantitative estimate of drug-likeness (QED) is 0.703. The minimum atomic E-state index is -0.0611. The molecule has 24 heavy (non-hydrogen) atoms. The van der Waals surface area contributed by atoms with Gasteiger partial charge in [-0.1, -0.05) is 51.4 Å². The molecule has 0 aromatic heterocycles. The van der Waals surface area contributed by atoms with Crippen molar-refractivity contribution in [3.8, 4) is 0 Å². The highest BCUT2D eigenvalue weighted by atomic mass is 16.3. The number of nitrogens with one attached hydrogen (secondary N) is 1. The van der Waals surface area contributed by atoms with Crippen LogP contribution in [0.4, 0.5) is 0 Å². The number of hydrogen-bond donors (Lipinski definition) is 2. The average Bonchev–Trinajstić information content (AvgIpc) is 2.67. The molecule has 0 amide bonds. The molecule has 2 heteroatoms. The topological polar surface area (TPSA) is 32.3 Å². The molecule has 3 fully saturated rings. The third-order valence-corrected chi connectivity index (χ3v) is 7.75. The van der Waals surface area contributed by atoms with Gasteiger partial charge in [0.15, 0.2) is 0 Å². The normalized spacial score (nSPS) is 33.2. The predicted molar refractivity (Wildman–Crippen MR) is 102 cm³/mol. The Morgan fingerprint density at radius 3 is 1.83 bits per heavy atom. The van der Waals surface area contributed by atoms with Crippen molar-refractivity contribution in [1.82, 2.24) is 5.32 Å². The minimum absolute atomic E-state index is 0.0611. The second-order valence-corrected chi connectivity index (χ2v) is 9.18. The second-order valence-electron chi connectivity index (χ2n) is 9.18. The lowest BCUT2D eigenvalue weighted by Gasteiger charge is -2.41. The number of rotatable bonds is 6. The zero-order chi connectivity index (χ0) is 16.8. The molecule has 3 saturated carbocycles. The molecule has 0 aromatic carbocycles. The maximum Gasteiger partial charge on any atom is 0.0611 e. The first-order chi connectivity index (χ1) is 11.8. The smallest absolute Gasteiger partial charge is 0.0611 e. The first kappa shape index (κ1) is 18.7. The molecule has 0 bridgehead atoms. The molecular formula is C22H41NO. The largest absolute Gasteiger partial charge is 0.392 e. The fourth-order valence-electron chi connectivity index (χ4n) is 6.28. The summed E-state index contributed by atoms with van der Waals surface area (Å²) in [6.45, 7) is 1.01. The molecule has 3 aliphatic rings. The summed E-state index contributed by atoms with van der Waals surface area (Å²) in [5, 5.41) is 14.5. The highest BCUT2D eigenvalue weighted by molar-refractivity contribution is 4.88. The van der Waals surface area contributed by atoms with E-state index >= 15 is 0 Å². The lowest BCUT2D eigenvalue weighted by atomic mass is 9.66. The Hall–Kier alpha value is -0.0800. The molecule has 2 nitrogen and oxygen atoms in total. The molecule has 0 saturated heterocycles. The van der Waals surface area contributed by atoms with Gasteiger partial charge in [0, 0.05) is 12.5 Å². The van der Waals surface area contributed by atoms with Crippen LogP contribution >= 0.6 is 0 Å². The van der Waals surface area contributed by atoms with Gasteiger partial charge in [0.1, 0.15) is 0 Å². The minimum Gasteiger partial charge on any atom is -0.392 e. The van der Waals surface area contributed by atoms with E-state index in [-0.39, 0.29) is 6.10 Å². The summed E-state index contributed by atoms with van der Waals surface area (Å²) in [7, 11) is 2.06. The highest BCUT2D eigenvalue weighted by Crippen LogP contribution is 2.43. The van der Waals surface area contributed by atoms with Crippen molar-refractivity contribution in [3.63, 3.8) is 0 Å². The van der Waals surface area contributed by atoms with Crippen LogP contribution in [0.25, 0.3) is 0 Å². The summed E-state index contributed by atoms with van der Waals surface area (Å²) in [5.74, 6) is 3.86. The van der Waals surface area contributed by atoms with Gasteiger partial charge < -0.3 is 10.4 Å². The van der Waals surface area contributed by atoms with Crippen LogP contribution in [0, 0.1) is 29.6 Å². The standard InChI is InChI=1S/C22H41NO/c1-23-16-21(22(24)20-10-6-3-7-11-20)19-14-12-18(13-15-19)17-8-4-2-5-9-17/h17-24H,2-16H2,1H3/t18?,19?,21-,22-/m1/s1. The number of aliphatic hydroxyl groups is 1. The maximum absolute atomic E-state index is 11.1. The van der Waals surface area contributed by atoms with Crippen LogP contribution < -0.4 is 5.32 Å². The van der Waals surface area contributed by atoms with Crippen LogP contribution in [0.1, 0.15) is 89.9 Å². The predicted octanol–water partition coefficient (Wildman–Crippen LogP) is 5.15. The van der Waals surface area contributed by atoms with Crippen molar-refractivity contribution in [2.75, 3.05) is 13.6 Å². The van der Waals surface area contributed by atoms with E-state index in [0.29, 0.717) is 11.8 Å². The van der Waals surface area contributed by atoms with Crippen LogP contribution in [0.15, 0.2) is 0 Å². The molecule has 0 radical (unpaired) electrons. The Bertz CT molecular complexity index is 338. The van der Waals surface area contributed by atoms with Crippen molar-refractivity contribution in [1.29, 1.82) is 0 Å². The first-order valence-corrected chi connectivity index (χ1v) is 11.1. The highest BCUT2D eigenvalue weighted by Gasteiger charge is 2.37. The molecule has 2 atom stereocenters. The monoisotopic (exact) mass is 335 g/mol. The van der Waals surface area contributed by atoms with Gasteiger partial charge >= 0.3 is 0 Å². The number of aliphatic hydroxyl groups excluding tert-OH is 1. The van der Waals surface area contributed by atoms with Gasteiger partial charge in [-0.05, 0) is 69.2 Å². The fourth-order valence-corrected chi connectivity index (χ4v) is 6.28. The molecule has 2 N–H and O–H groups in total. The van der Waals surface area contributed by atoms with Crippen LogP contribution in [-0.4, -0.2) is 24.8 Å². The SMILES string of the molecule is CNC[C@H](C1CCC(C2CCCCC2)CC1)[C@H](O)C1CCCCC1. The zero-order valence-electron chi connectivity index (χ0n) is 16.0. The Labute approximate surface area is 150 Å². The van der Waals surface area contributed by atoms with E-state index in [0.717, 1.165) is 24.3 Å². The molecule has 0 heterocycles. The maximum atomic E-state index is 11.1. The van der Waals surface area contributed by atoms with Crippen molar-refractivity contribution < 1.29 is 5.11 Å². The summed E-state index contributed by atoms with van der Waals surface area (Å²) in [6, 6.07) is 0. The average molecular weight is 336 g/mol. The number of hydrogen-bond acceptors (Lipinski definition) is 2. The van der Waals surface area contributed by atoms with Gasteiger partial charge in [-0.3, -0.25) is 0 Å². The summed E-state index contributed by atoms with van der Waals surface area (Å²) in [4.78, 5) is 0. The van der Waals surface area contributed by atoms with Crippen molar-refractivity contribution in [2.45, 2.75) is 96.0 Å². The first-order valence-electron chi connectivity index (χ1n) is 11.1. The van der Waals surface area contributed by atoms with Gasteiger partial charge in [-0.25, -0.2) is 0 Å². The van der Waals surface area contributed by atoms with Crippen molar-refractivity contribution >= 4 is 0 Å². The Morgan fingerprint density at radius 2 is 1.25 bits per heavy atom. The molecule has 0 aromatic rings. The molecule has 0 spiro atoms. The second kappa shape index (κ2) is 9.57. The van der Waals surface area contributed by atoms with E-state index in [1.165, 1.54) is 89.9 Å². The lowest BCUT2D eigenvalue weighted by molar-refractivity contribution is -0.00502. The summed E-state index contributed by atoms with van der Waals surface area (Å²) < 4.78 is 0. The van der Waals surface area contributed by atoms with Crippen LogP contribution in [-0.2, 0) is 0 Å². The summed E-state index contributed by atoms with van der Waals surface area (Å²) >= 11 is 0. The van der Waals surface area contributed by atoms with E-state index < -0.39 is 0 Å². The molecule has 3 rings (SSSR count). The van der Waals surface area contributed by atoms with E-state index in [9.17, 15) is 5.11 Å². The van der Waals surface area contributed by atoms with Gasteiger partial charge in [0.2, 0.25) is 0 Å². The molecule has 3 aliphatic carbocycles. The fraction of sp³-hybridized carbons (Fsp3) is 1.00. The van der Waals surface area contributed by atoms with Crippen molar-refractivity contribution in [3.05, 3.63) is 0 Å². The third kappa shape index (κ3) is 4.75. The molecule has 0 unspecified atom stereocenters. The Balaban J connectivity index is 1.52. The van der Waals surface area contributed by atoms with E-state index in [1.807, 2.05) is 0 Å². The Morgan fingerprint density at radius 1 is 0.708 bits per heavy atom. The molecule has 140 valence electrons. The van der Waals surface area contributed by atoms with E-state index in [2.05, 4.69) is 12.4 Å². The van der Waals surface area contributed by atoms with Crippen molar-refractivity contribution in [2.24, 2.45) is 29.6 Å². The molecular weight excluding hydrogens is 294 g/mol. The van der Waals surface area contributed by atoms with E-state index in [4.69, 9.17) is 0 Å². The summed E-state index contributed by atoms with van der Waals surface area (Å²) in [6.07, 6.45) is 19.6. The zero-order valence-corrected chi connectivity index (χ0v) is 16.0. The third-order valence-electron chi connectivity index (χ3n) is 7.75. The lowest BCUT2D eigenvalue weighted by Crippen LogP contribution is -2.42. The Kier molecular flexibility index (Phi) is 7.46.